The highest BCUT2D eigenvalue weighted by Gasteiger charge is 2.20. The quantitative estimate of drug-likeness (QED) is 0.897. The molecule has 0 aliphatic carbocycles. The zero-order chi connectivity index (χ0) is 12.3. The van der Waals surface area contributed by atoms with Gasteiger partial charge in [-0.05, 0) is 23.3 Å². The largest absolute Gasteiger partial charge is 0.481 e. The molecule has 0 bridgehead atoms. The molecule has 92 valence electrons. The molecule has 1 aliphatic rings. The summed E-state index contributed by atoms with van der Waals surface area (Å²) in [6.07, 6.45) is 0.171. The number of fused-ring (bicyclic) bond motifs is 1. The highest BCUT2D eigenvalue weighted by Crippen LogP contribution is 2.33. The fourth-order valence-electron chi connectivity index (χ4n) is 1.92. The van der Waals surface area contributed by atoms with Crippen LogP contribution in [0.15, 0.2) is 22.7 Å². The van der Waals surface area contributed by atoms with Crippen molar-refractivity contribution in [1.29, 1.82) is 0 Å². The molecule has 0 saturated carbocycles. The number of carboxylic acids is 1. The Bertz CT molecular complexity index is 425. The molecule has 2 N–H and O–H groups in total. The summed E-state index contributed by atoms with van der Waals surface area (Å²) in [5, 5.41) is 11.9. The molecule has 3 nitrogen and oxygen atoms in total. The first-order valence-corrected chi connectivity index (χ1v) is 7.43. The van der Waals surface area contributed by atoms with Gasteiger partial charge in [0.2, 0.25) is 0 Å². The second kappa shape index (κ2) is 5.89. The average molecular weight is 316 g/mol. The summed E-state index contributed by atoms with van der Waals surface area (Å²) in [5.74, 6) is 1.29. The molecule has 1 heterocycles. The Labute approximate surface area is 113 Å². The van der Waals surface area contributed by atoms with Crippen molar-refractivity contribution >= 4 is 33.7 Å². The molecule has 1 unspecified atom stereocenters. The van der Waals surface area contributed by atoms with Crippen LogP contribution in [-0.4, -0.2) is 23.4 Å². The summed E-state index contributed by atoms with van der Waals surface area (Å²) in [5.41, 5.74) is 2.64. The van der Waals surface area contributed by atoms with E-state index in [9.17, 15) is 4.79 Å². The Kier molecular flexibility index (Phi) is 4.48. The van der Waals surface area contributed by atoms with E-state index >= 15 is 0 Å². The Hall–Kier alpha value is -0.520. The summed E-state index contributed by atoms with van der Waals surface area (Å²) >= 11 is 5.37. The zero-order valence-corrected chi connectivity index (χ0v) is 11.7. The van der Waals surface area contributed by atoms with Crippen molar-refractivity contribution in [2.45, 2.75) is 18.2 Å². The predicted molar refractivity (Wildman–Crippen MR) is 73.3 cm³/mol. The highest BCUT2D eigenvalue weighted by molar-refractivity contribution is 9.10. The lowest BCUT2D eigenvalue weighted by Crippen LogP contribution is -2.28. The monoisotopic (exact) mass is 315 g/mol. The number of carboxylic acid groups (broad SMARTS) is 1. The minimum atomic E-state index is -0.754. The number of benzene rings is 1. The Morgan fingerprint density at radius 1 is 1.59 bits per heavy atom. The van der Waals surface area contributed by atoms with Crippen LogP contribution in [0.2, 0.25) is 0 Å². The Morgan fingerprint density at radius 3 is 3.18 bits per heavy atom. The molecule has 0 amide bonds. The van der Waals surface area contributed by atoms with E-state index in [1.54, 1.807) is 0 Å². The lowest BCUT2D eigenvalue weighted by atomic mass is 10.0. The van der Waals surface area contributed by atoms with Crippen LogP contribution < -0.4 is 5.32 Å². The smallest absolute Gasteiger partial charge is 0.304 e. The highest BCUT2D eigenvalue weighted by atomic mass is 79.9. The van der Waals surface area contributed by atoms with E-state index in [4.69, 9.17) is 5.11 Å². The molecule has 0 saturated heterocycles. The van der Waals surface area contributed by atoms with E-state index in [1.807, 2.05) is 11.8 Å². The van der Waals surface area contributed by atoms with Crippen molar-refractivity contribution in [3.63, 3.8) is 0 Å². The molecule has 17 heavy (non-hydrogen) atoms. The Balaban J connectivity index is 2.05. The standard InChI is InChI=1S/C12H14BrNO2S/c13-9-2-1-8-6-17-7-11(10(8)5-9)14-4-3-12(15)16/h1-2,5,11,14H,3-4,6-7H2,(H,15,16). The van der Waals surface area contributed by atoms with Crippen LogP contribution in [0.4, 0.5) is 0 Å². The van der Waals surface area contributed by atoms with Gasteiger partial charge in [-0.25, -0.2) is 0 Å². The van der Waals surface area contributed by atoms with Crippen LogP contribution in [0.3, 0.4) is 0 Å². The molecule has 1 aliphatic heterocycles. The van der Waals surface area contributed by atoms with Crippen LogP contribution >= 0.6 is 27.7 Å². The third-order valence-corrected chi connectivity index (χ3v) is 4.33. The normalized spacial score (nSPS) is 18.8. The minimum Gasteiger partial charge on any atom is -0.481 e. The van der Waals surface area contributed by atoms with Gasteiger partial charge in [-0.15, -0.1) is 0 Å². The second-order valence-corrected chi connectivity index (χ2v) is 5.95. The molecule has 1 atom stereocenters. The first kappa shape index (κ1) is 12.9. The summed E-state index contributed by atoms with van der Waals surface area (Å²) in [4.78, 5) is 10.5. The van der Waals surface area contributed by atoms with Gasteiger partial charge in [0, 0.05) is 28.6 Å². The van der Waals surface area contributed by atoms with Gasteiger partial charge < -0.3 is 10.4 Å². The van der Waals surface area contributed by atoms with Crippen molar-refractivity contribution in [3.05, 3.63) is 33.8 Å². The van der Waals surface area contributed by atoms with Gasteiger partial charge in [-0.3, -0.25) is 4.79 Å². The molecule has 0 fully saturated rings. The van der Waals surface area contributed by atoms with Crippen LogP contribution in [0.25, 0.3) is 0 Å². The van der Waals surface area contributed by atoms with Crippen molar-refractivity contribution < 1.29 is 9.90 Å². The molecule has 0 radical (unpaired) electrons. The maximum Gasteiger partial charge on any atom is 0.304 e. The van der Waals surface area contributed by atoms with Gasteiger partial charge in [0.25, 0.3) is 0 Å². The van der Waals surface area contributed by atoms with Gasteiger partial charge in [-0.2, -0.15) is 11.8 Å². The van der Waals surface area contributed by atoms with Crippen molar-refractivity contribution in [1.82, 2.24) is 5.32 Å². The summed E-state index contributed by atoms with van der Waals surface area (Å²) < 4.78 is 1.08. The van der Waals surface area contributed by atoms with E-state index in [-0.39, 0.29) is 12.5 Å². The Morgan fingerprint density at radius 2 is 2.41 bits per heavy atom. The third kappa shape index (κ3) is 3.47. The van der Waals surface area contributed by atoms with Crippen molar-refractivity contribution in [2.75, 3.05) is 12.3 Å². The average Bonchev–Trinajstić information content (AvgIpc) is 2.29. The van der Waals surface area contributed by atoms with E-state index in [0.29, 0.717) is 6.54 Å². The fraction of sp³-hybridized carbons (Fsp3) is 0.417. The molecule has 0 aromatic heterocycles. The minimum absolute atomic E-state index is 0.171. The van der Waals surface area contributed by atoms with E-state index in [0.717, 1.165) is 16.0 Å². The number of hydrogen-bond acceptors (Lipinski definition) is 3. The summed E-state index contributed by atoms with van der Waals surface area (Å²) in [7, 11) is 0. The van der Waals surface area contributed by atoms with Crippen LogP contribution in [0.5, 0.6) is 0 Å². The maximum absolute atomic E-state index is 10.5. The van der Waals surface area contributed by atoms with Crippen molar-refractivity contribution in [3.8, 4) is 0 Å². The lowest BCUT2D eigenvalue weighted by Gasteiger charge is -2.26. The first-order valence-electron chi connectivity index (χ1n) is 5.48. The predicted octanol–water partition coefficient (Wildman–Crippen LogP) is 2.80. The first-order chi connectivity index (χ1) is 8.16. The van der Waals surface area contributed by atoms with Crippen LogP contribution in [0, 0.1) is 0 Å². The number of nitrogens with one attached hydrogen (secondary N) is 1. The van der Waals surface area contributed by atoms with E-state index in [2.05, 4.69) is 39.4 Å². The number of aliphatic carboxylic acids is 1. The SMILES string of the molecule is O=C(O)CCNC1CSCc2ccc(Br)cc21. The van der Waals surface area contributed by atoms with Crippen LogP contribution in [-0.2, 0) is 10.5 Å². The molecule has 1 aromatic carbocycles. The van der Waals surface area contributed by atoms with E-state index < -0.39 is 5.97 Å². The van der Waals surface area contributed by atoms with Gasteiger partial charge in [0.05, 0.1) is 6.42 Å². The second-order valence-electron chi connectivity index (χ2n) is 4.01. The van der Waals surface area contributed by atoms with Crippen LogP contribution in [0.1, 0.15) is 23.6 Å². The molecule has 1 aromatic rings. The lowest BCUT2D eigenvalue weighted by molar-refractivity contribution is -0.136. The summed E-state index contributed by atoms with van der Waals surface area (Å²) in [6, 6.07) is 6.59. The van der Waals surface area contributed by atoms with E-state index in [1.165, 1.54) is 11.1 Å². The number of thioether (sulfide) groups is 1. The number of carbonyl (C=O) groups is 1. The number of hydrogen-bond donors (Lipinski definition) is 2. The summed E-state index contributed by atoms with van der Waals surface area (Å²) in [6.45, 7) is 0.520. The molecule has 5 heteroatoms. The topological polar surface area (TPSA) is 49.3 Å². The van der Waals surface area contributed by atoms with Gasteiger partial charge >= 0.3 is 5.97 Å². The zero-order valence-electron chi connectivity index (χ0n) is 9.28. The molecular weight excluding hydrogens is 302 g/mol. The van der Waals surface area contributed by atoms with Gasteiger partial charge in [-0.1, -0.05) is 22.0 Å². The third-order valence-electron chi connectivity index (χ3n) is 2.76. The van der Waals surface area contributed by atoms with Crippen molar-refractivity contribution in [2.24, 2.45) is 0 Å². The van der Waals surface area contributed by atoms with Gasteiger partial charge in [0.15, 0.2) is 0 Å². The number of halogens is 1. The maximum atomic E-state index is 10.5. The number of rotatable bonds is 4. The molecule has 0 spiro atoms. The molecular formula is C12H14BrNO2S. The molecule has 2 rings (SSSR count). The van der Waals surface area contributed by atoms with Gasteiger partial charge in [0.1, 0.15) is 0 Å². The fourth-order valence-corrected chi connectivity index (χ4v) is 3.43.